The predicted molar refractivity (Wildman–Crippen MR) is 94.6 cm³/mol. The van der Waals surface area contributed by atoms with Crippen LogP contribution in [0.1, 0.15) is 25.5 Å². The fourth-order valence-electron chi connectivity index (χ4n) is 2.14. The number of hydrogen-bond donors (Lipinski definition) is 2. The van der Waals surface area contributed by atoms with E-state index in [1.165, 1.54) is 0 Å². The van der Waals surface area contributed by atoms with Crippen LogP contribution in [-0.2, 0) is 10.0 Å². The molecule has 0 radical (unpaired) electrons. The summed E-state index contributed by atoms with van der Waals surface area (Å²) in [5.41, 5.74) is 2.60. The first-order chi connectivity index (χ1) is 10.9. The molecule has 0 unspecified atom stereocenters. The summed E-state index contributed by atoms with van der Waals surface area (Å²) in [6.07, 6.45) is 0. The number of sulfonamides is 1. The molecule has 0 aliphatic heterocycles. The number of anilines is 2. The van der Waals surface area contributed by atoms with Gasteiger partial charge in [-0.3, -0.25) is 4.72 Å². The molecule has 0 heterocycles. The quantitative estimate of drug-likeness (QED) is 0.811. The van der Waals surface area contributed by atoms with Gasteiger partial charge in [-0.2, -0.15) is 0 Å². The van der Waals surface area contributed by atoms with Gasteiger partial charge in [0.2, 0.25) is 10.0 Å². The first-order valence-corrected chi connectivity index (χ1v) is 9.10. The first kappa shape index (κ1) is 17.1. The lowest BCUT2D eigenvalue weighted by Gasteiger charge is -2.17. The second-order valence-electron chi connectivity index (χ2n) is 5.23. The lowest BCUT2D eigenvalue weighted by Crippen LogP contribution is -2.14. The molecule has 0 bridgehead atoms. The van der Waals surface area contributed by atoms with E-state index in [1.807, 2.05) is 43.3 Å². The summed E-state index contributed by atoms with van der Waals surface area (Å²) >= 11 is 0. The van der Waals surface area contributed by atoms with E-state index in [9.17, 15) is 8.42 Å². The highest BCUT2D eigenvalue weighted by Gasteiger charge is 2.09. The van der Waals surface area contributed by atoms with Crippen molar-refractivity contribution in [3.8, 4) is 5.75 Å². The van der Waals surface area contributed by atoms with Crippen LogP contribution in [0, 0.1) is 0 Å². The van der Waals surface area contributed by atoms with Crippen molar-refractivity contribution < 1.29 is 13.2 Å². The van der Waals surface area contributed by atoms with E-state index in [1.54, 1.807) is 26.2 Å². The Morgan fingerprint density at radius 2 is 1.78 bits per heavy atom. The van der Waals surface area contributed by atoms with Crippen molar-refractivity contribution in [3.05, 3.63) is 54.1 Å². The van der Waals surface area contributed by atoms with Crippen LogP contribution in [0.4, 0.5) is 11.4 Å². The number of methoxy groups -OCH3 is 1. The van der Waals surface area contributed by atoms with E-state index in [-0.39, 0.29) is 11.8 Å². The molecule has 0 fully saturated rings. The van der Waals surface area contributed by atoms with E-state index < -0.39 is 10.0 Å². The van der Waals surface area contributed by atoms with E-state index >= 15 is 0 Å². The minimum Gasteiger partial charge on any atom is -0.497 e. The van der Waals surface area contributed by atoms with Crippen LogP contribution in [0.2, 0.25) is 0 Å². The van der Waals surface area contributed by atoms with Gasteiger partial charge < -0.3 is 10.1 Å². The maximum absolute atomic E-state index is 11.6. The van der Waals surface area contributed by atoms with E-state index in [0.717, 1.165) is 17.0 Å². The fraction of sp³-hybridized carbons (Fsp3) is 0.294. The highest BCUT2D eigenvalue weighted by Crippen LogP contribution is 2.23. The van der Waals surface area contributed by atoms with Gasteiger partial charge in [0.25, 0.3) is 0 Å². The summed E-state index contributed by atoms with van der Waals surface area (Å²) < 4.78 is 30.9. The monoisotopic (exact) mass is 334 g/mol. The number of hydrogen-bond acceptors (Lipinski definition) is 4. The molecule has 6 heteroatoms. The number of benzene rings is 2. The molecule has 0 saturated heterocycles. The molecule has 0 spiro atoms. The van der Waals surface area contributed by atoms with Crippen LogP contribution in [0.25, 0.3) is 0 Å². The van der Waals surface area contributed by atoms with Gasteiger partial charge in [-0.05, 0) is 43.7 Å². The average molecular weight is 334 g/mol. The van der Waals surface area contributed by atoms with Gasteiger partial charge in [0.1, 0.15) is 5.75 Å². The molecule has 0 aliphatic carbocycles. The van der Waals surface area contributed by atoms with Crippen LogP contribution in [-0.4, -0.2) is 21.3 Å². The zero-order valence-electron chi connectivity index (χ0n) is 13.5. The topological polar surface area (TPSA) is 67.4 Å². The van der Waals surface area contributed by atoms with Crippen LogP contribution in [0.3, 0.4) is 0 Å². The molecule has 23 heavy (non-hydrogen) atoms. The van der Waals surface area contributed by atoms with Gasteiger partial charge in [-0.15, -0.1) is 0 Å². The van der Waals surface area contributed by atoms with E-state index in [0.29, 0.717) is 5.69 Å². The van der Waals surface area contributed by atoms with Crippen LogP contribution in [0.5, 0.6) is 5.75 Å². The van der Waals surface area contributed by atoms with Gasteiger partial charge >= 0.3 is 0 Å². The van der Waals surface area contributed by atoms with Crippen molar-refractivity contribution in [2.24, 2.45) is 0 Å². The Labute approximate surface area is 137 Å². The Balaban J connectivity index is 2.06. The average Bonchev–Trinajstić information content (AvgIpc) is 2.55. The van der Waals surface area contributed by atoms with Crippen molar-refractivity contribution in [1.29, 1.82) is 0 Å². The Morgan fingerprint density at radius 1 is 1.09 bits per heavy atom. The Morgan fingerprint density at radius 3 is 2.39 bits per heavy atom. The van der Waals surface area contributed by atoms with E-state index in [2.05, 4.69) is 10.0 Å². The first-order valence-electron chi connectivity index (χ1n) is 7.44. The van der Waals surface area contributed by atoms with Crippen molar-refractivity contribution >= 4 is 21.4 Å². The third-order valence-corrected chi connectivity index (χ3v) is 4.82. The standard InChI is InChI=1S/C17H22N2O3S/c1-4-23(20,21)19-15-10-8-14(9-11-15)13(2)18-16-6-5-7-17(12-16)22-3/h5-13,18-19H,4H2,1-3H3/t13-/m0/s1. The van der Waals surface area contributed by atoms with E-state index in [4.69, 9.17) is 4.74 Å². The van der Waals surface area contributed by atoms with Crippen LogP contribution >= 0.6 is 0 Å². The van der Waals surface area contributed by atoms with Gasteiger partial charge in [0, 0.05) is 23.5 Å². The zero-order chi connectivity index (χ0) is 16.9. The summed E-state index contributed by atoms with van der Waals surface area (Å²) in [6, 6.07) is 15.2. The van der Waals surface area contributed by atoms with Gasteiger partial charge in [0.05, 0.1) is 12.9 Å². The molecular weight excluding hydrogens is 312 g/mol. The molecule has 5 nitrogen and oxygen atoms in total. The molecule has 0 aromatic heterocycles. The van der Waals surface area contributed by atoms with Crippen molar-refractivity contribution in [2.45, 2.75) is 19.9 Å². The number of nitrogens with one attached hydrogen (secondary N) is 2. The van der Waals surface area contributed by atoms with Crippen LogP contribution in [0.15, 0.2) is 48.5 Å². The van der Waals surface area contributed by atoms with Gasteiger partial charge in [-0.1, -0.05) is 18.2 Å². The van der Waals surface area contributed by atoms with Crippen molar-refractivity contribution in [1.82, 2.24) is 0 Å². The smallest absolute Gasteiger partial charge is 0.232 e. The molecule has 2 aromatic rings. The van der Waals surface area contributed by atoms with Gasteiger partial charge in [0.15, 0.2) is 0 Å². The summed E-state index contributed by atoms with van der Waals surface area (Å²) in [5.74, 6) is 0.856. The molecule has 2 aromatic carbocycles. The molecule has 2 rings (SSSR count). The second kappa shape index (κ2) is 7.37. The third kappa shape index (κ3) is 4.89. The lowest BCUT2D eigenvalue weighted by molar-refractivity contribution is 0.415. The summed E-state index contributed by atoms with van der Waals surface area (Å²) in [6.45, 7) is 3.65. The SMILES string of the molecule is CCS(=O)(=O)Nc1ccc([C@H](C)Nc2cccc(OC)c2)cc1. The highest BCUT2D eigenvalue weighted by molar-refractivity contribution is 7.92. The Kier molecular flexibility index (Phi) is 5.50. The minimum absolute atomic E-state index is 0.0581. The van der Waals surface area contributed by atoms with Crippen LogP contribution < -0.4 is 14.8 Å². The number of ether oxygens (including phenoxy) is 1. The molecule has 0 amide bonds. The Bertz CT molecular complexity index is 743. The molecule has 2 N–H and O–H groups in total. The second-order valence-corrected chi connectivity index (χ2v) is 7.24. The summed E-state index contributed by atoms with van der Waals surface area (Å²) in [7, 11) is -1.60. The van der Waals surface area contributed by atoms with Crippen molar-refractivity contribution in [3.63, 3.8) is 0 Å². The lowest BCUT2D eigenvalue weighted by atomic mass is 10.1. The molecule has 0 saturated carbocycles. The fourth-order valence-corrected chi connectivity index (χ4v) is 2.78. The normalized spacial score (nSPS) is 12.5. The number of rotatable bonds is 7. The highest BCUT2D eigenvalue weighted by atomic mass is 32.2. The predicted octanol–water partition coefficient (Wildman–Crippen LogP) is 3.63. The molecule has 124 valence electrons. The maximum Gasteiger partial charge on any atom is 0.232 e. The third-order valence-electron chi connectivity index (χ3n) is 3.52. The molecule has 1 atom stereocenters. The van der Waals surface area contributed by atoms with Gasteiger partial charge in [-0.25, -0.2) is 8.42 Å². The Hall–Kier alpha value is -2.21. The maximum atomic E-state index is 11.6. The summed E-state index contributed by atoms with van der Waals surface area (Å²) in [4.78, 5) is 0. The molecular formula is C17H22N2O3S. The largest absolute Gasteiger partial charge is 0.497 e. The summed E-state index contributed by atoms with van der Waals surface area (Å²) in [5, 5.41) is 3.39. The zero-order valence-corrected chi connectivity index (χ0v) is 14.4. The molecule has 0 aliphatic rings. The van der Waals surface area contributed by atoms with Crippen molar-refractivity contribution in [2.75, 3.05) is 22.9 Å². The minimum atomic E-state index is -3.24.